The van der Waals surface area contributed by atoms with Crippen LogP contribution in [0.3, 0.4) is 0 Å². The number of carbonyl (C=O) groups is 1. The van der Waals surface area contributed by atoms with Crippen LogP contribution in [0.4, 0.5) is 5.95 Å². The predicted molar refractivity (Wildman–Crippen MR) is 107 cm³/mol. The monoisotopic (exact) mass is 361 g/mol. The van der Waals surface area contributed by atoms with Crippen LogP contribution in [0.2, 0.25) is 0 Å². The van der Waals surface area contributed by atoms with E-state index in [1.54, 1.807) is 0 Å². The van der Waals surface area contributed by atoms with E-state index in [1.165, 1.54) is 12.7 Å². The Morgan fingerprint density at radius 3 is 2.52 bits per heavy atom. The summed E-state index contributed by atoms with van der Waals surface area (Å²) in [5.41, 5.74) is 5.54. The predicted octanol–water partition coefficient (Wildman–Crippen LogP) is 4.62. The Morgan fingerprint density at radius 2 is 1.85 bits per heavy atom. The highest BCUT2D eigenvalue weighted by atomic mass is 16.5. The number of carbonyl (C=O) groups excluding carboxylic acids is 1. The van der Waals surface area contributed by atoms with Crippen molar-refractivity contribution in [1.82, 2.24) is 9.55 Å². The molecule has 0 fully saturated rings. The summed E-state index contributed by atoms with van der Waals surface area (Å²) in [6, 6.07) is 16.1. The number of nitrogens with zero attached hydrogens (tertiary/aromatic N) is 2. The van der Waals surface area contributed by atoms with Crippen molar-refractivity contribution in [3.8, 4) is 0 Å². The van der Waals surface area contributed by atoms with Gasteiger partial charge in [0, 0.05) is 5.70 Å². The maximum absolute atomic E-state index is 12.7. The summed E-state index contributed by atoms with van der Waals surface area (Å²) in [6.07, 6.45) is 0. The van der Waals surface area contributed by atoms with E-state index in [2.05, 4.69) is 48.0 Å². The van der Waals surface area contributed by atoms with Crippen LogP contribution >= 0.6 is 0 Å². The van der Waals surface area contributed by atoms with Gasteiger partial charge in [0.25, 0.3) is 0 Å². The number of nitrogens with one attached hydrogen (secondary N) is 1. The van der Waals surface area contributed by atoms with E-state index >= 15 is 0 Å². The molecule has 1 aliphatic heterocycles. The quantitative estimate of drug-likeness (QED) is 0.692. The molecule has 1 aliphatic rings. The van der Waals surface area contributed by atoms with Crippen LogP contribution in [0.5, 0.6) is 0 Å². The topological polar surface area (TPSA) is 56.1 Å². The second-order valence-corrected chi connectivity index (χ2v) is 7.17. The molecular weight excluding hydrogens is 338 g/mol. The molecule has 0 amide bonds. The second-order valence-electron chi connectivity index (χ2n) is 7.17. The number of hydrogen-bond acceptors (Lipinski definition) is 4. The Bertz CT molecular complexity index is 1050. The molecule has 0 saturated carbocycles. The Kier molecular flexibility index (Phi) is 4.22. The fourth-order valence-electron chi connectivity index (χ4n) is 3.72. The molecule has 0 saturated heterocycles. The van der Waals surface area contributed by atoms with Crippen molar-refractivity contribution in [3.63, 3.8) is 0 Å². The average Bonchev–Trinajstić information content (AvgIpc) is 3.04. The first-order valence-electron chi connectivity index (χ1n) is 9.14. The summed E-state index contributed by atoms with van der Waals surface area (Å²) >= 11 is 0. The smallest absolute Gasteiger partial charge is 0.337 e. The zero-order valence-corrected chi connectivity index (χ0v) is 16.0. The van der Waals surface area contributed by atoms with Crippen LogP contribution < -0.4 is 5.32 Å². The van der Waals surface area contributed by atoms with Gasteiger partial charge in [-0.1, -0.05) is 50.2 Å². The van der Waals surface area contributed by atoms with Crippen LogP contribution in [0.1, 0.15) is 43.9 Å². The molecule has 1 aromatic heterocycles. The minimum atomic E-state index is -0.332. The molecule has 5 nitrogen and oxygen atoms in total. The lowest BCUT2D eigenvalue weighted by Crippen LogP contribution is -2.28. The third-order valence-electron chi connectivity index (χ3n) is 5.15. The molecule has 5 heteroatoms. The fourth-order valence-corrected chi connectivity index (χ4v) is 3.72. The van der Waals surface area contributed by atoms with Gasteiger partial charge in [-0.2, -0.15) is 0 Å². The minimum absolute atomic E-state index is 0.290. The van der Waals surface area contributed by atoms with Crippen LogP contribution in [0.15, 0.2) is 59.8 Å². The van der Waals surface area contributed by atoms with Gasteiger partial charge >= 0.3 is 5.97 Å². The molecule has 0 radical (unpaired) electrons. The van der Waals surface area contributed by atoms with Gasteiger partial charge in [-0.3, -0.25) is 4.57 Å². The number of fused-ring (bicyclic) bond motifs is 3. The number of para-hydroxylation sites is 2. The number of hydrogen-bond donors (Lipinski definition) is 1. The molecule has 2 heterocycles. The number of benzene rings is 2. The number of ether oxygens (including phenoxy) is 1. The standard InChI is InChI=1S/C22H23N3O2/c1-13(2)15-9-11-16(12-10-15)20-19(21(26)27-4)14(3)23-22-24-17-7-5-6-8-18(17)25(20)22/h5-13,20H,1-4H3,(H,23,24)/t20-/m0/s1. The molecular formula is C22H23N3O2. The fraction of sp³-hybridized carbons (Fsp3) is 0.273. The van der Waals surface area contributed by atoms with Crippen LogP contribution in [0, 0.1) is 0 Å². The zero-order valence-electron chi connectivity index (χ0n) is 16.0. The van der Waals surface area contributed by atoms with E-state index in [4.69, 9.17) is 9.72 Å². The van der Waals surface area contributed by atoms with E-state index in [1.807, 2.05) is 31.2 Å². The Hall–Kier alpha value is -3.08. The molecule has 0 unspecified atom stereocenters. The highest BCUT2D eigenvalue weighted by Gasteiger charge is 2.34. The van der Waals surface area contributed by atoms with Gasteiger partial charge in [-0.25, -0.2) is 9.78 Å². The Morgan fingerprint density at radius 1 is 1.15 bits per heavy atom. The van der Waals surface area contributed by atoms with Crippen molar-refractivity contribution in [1.29, 1.82) is 0 Å². The minimum Gasteiger partial charge on any atom is -0.466 e. The van der Waals surface area contributed by atoms with Gasteiger partial charge in [0.2, 0.25) is 5.95 Å². The largest absolute Gasteiger partial charge is 0.466 e. The molecule has 1 N–H and O–H groups in total. The van der Waals surface area contributed by atoms with Crippen molar-refractivity contribution in [2.45, 2.75) is 32.7 Å². The average molecular weight is 361 g/mol. The van der Waals surface area contributed by atoms with Crippen molar-refractivity contribution in [2.75, 3.05) is 12.4 Å². The van der Waals surface area contributed by atoms with Crippen LogP contribution in [0.25, 0.3) is 11.0 Å². The third-order valence-corrected chi connectivity index (χ3v) is 5.15. The molecule has 2 aromatic carbocycles. The normalized spacial score (nSPS) is 16.4. The van der Waals surface area contributed by atoms with E-state index in [9.17, 15) is 4.79 Å². The zero-order chi connectivity index (χ0) is 19.1. The van der Waals surface area contributed by atoms with Crippen LogP contribution in [-0.4, -0.2) is 22.6 Å². The van der Waals surface area contributed by atoms with Gasteiger partial charge in [0.15, 0.2) is 0 Å². The molecule has 4 rings (SSSR count). The highest BCUT2D eigenvalue weighted by molar-refractivity contribution is 5.94. The third kappa shape index (κ3) is 2.79. The number of anilines is 1. The first kappa shape index (κ1) is 17.3. The lowest BCUT2D eigenvalue weighted by atomic mass is 9.93. The van der Waals surface area contributed by atoms with Crippen molar-refractivity contribution < 1.29 is 9.53 Å². The van der Waals surface area contributed by atoms with Crippen molar-refractivity contribution >= 4 is 23.0 Å². The summed E-state index contributed by atoms with van der Waals surface area (Å²) in [4.78, 5) is 17.4. The lowest BCUT2D eigenvalue weighted by Gasteiger charge is -2.30. The maximum atomic E-state index is 12.7. The summed E-state index contributed by atoms with van der Waals surface area (Å²) in [7, 11) is 1.42. The molecule has 0 bridgehead atoms. The SMILES string of the molecule is COC(=O)C1=C(C)Nc2nc3ccccc3n2[C@H]1c1ccc(C(C)C)cc1. The Balaban J connectivity index is 1.95. The maximum Gasteiger partial charge on any atom is 0.337 e. The van der Waals surface area contributed by atoms with E-state index in [-0.39, 0.29) is 12.0 Å². The highest BCUT2D eigenvalue weighted by Crippen LogP contribution is 2.39. The summed E-state index contributed by atoms with van der Waals surface area (Å²) < 4.78 is 7.19. The molecule has 0 spiro atoms. The van der Waals surface area contributed by atoms with E-state index in [0.29, 0.717) is 11.5 Å². The van der Waals surface area contributed by atoms with Gasteiger partial charge in [0.05, 0.1) is 29.8 Å². The summed E-state index contributed by atoms with van der Waals surface area (Å²) in [6.45, 7) is 6.24. The number of rotatable bonds is 3. The molecule has 27 heavy (non-hydrogen) atoms. The van der Waals surface area contributed by atoms with Gasteiger partial charge in [0.1, 0.15) is 0 Å². The summed E-state index contributed by atoms with van der Waals surface area (Å²) in [5, 5.41) is 3.27. The van der Waals surface area contributed by atoms with Gasteiger partial charge in [-0.05, 0) is 36.1 Å². The van der Waals surface area contributed by atoms with E-state index < -0.39 is 0 Å². The van der Waals surface area contributed by atoms with E-state index in [0.717, 1.165) is 28.2 Å². The number of methoxy groups -OCH3 is 1. The Labute approximate surface area is 158 Å². The van der Waals surface area contributed by atoms with Gasteiger partial charge < -0.3 is 10.1 Å². The second kappa shape index (κ2) is 6.58. The van der Waals surface area contributed by atoms with Crippen molar-refractivity contribution in [3.05, 3.63) is 70.9 Å². The number of allylic oxidation sites excluding steroid dienone is 1. The first-order valence-corrected chi connectivity index (χ1v) is 9.14. The lowest BCUT2D eigenvalue weighted by molar-refractivity contribution is -0.136. The molecule has 3 aromatic rings. The van der Waals surface area contributed by atoms with Crippen LogP contribution in [-0.2, 0) is 9.53 Å². The number of aromatic nitrogens is 2. The first-order chi connectivity index (χ1) is 13.0. The molecule has 138 valence electrons. The molecule has 1 atom stereocenters. The van der Waals surface area contributed by atoms with Crippen molar-refractivity contribution in [2.24, 2.45) is 0 Å². The number of esters is 1. The molecule has 0 aliphatic carbocycles. The van der Waals surface area contributed by atoms with Gasteiger partial charge in [-0.15, -0.1) is 0 Å². The number of imidazole rings is 1. The summed E-state index contributed by atoms with van der Waals surface area (Å²) in [5.74, 6) is 0.856.